The van der Waals surface area contributed by atoms with Crippen LogP contribution in [0.2, 0.25) is 0 Å². The summed E-state index contributed by atoms with van der Waals surface area (Å²) >= 11 is 1.32. The number of hydrogen-bond donors (Lipinski definition) is 3. The van der Waals surface area contributed by atoms with Crippen molar-refractivity contribution in [3.05, 3.63) is 58.3 Å². The zero-order valence-corrected chi connectivity index (χ0v) is 13.4. The quantitative estimate of drug-likeness (QED) is 0.723. The SMILES string of the molecule is N#C[C@H]1[C@H](c2cccs2)[C@H](C(N)=O)C(=O)N[C@@]1(O)c1ccccc1. The van der Waals surface area contributed by atoms with Crippen molar-refractivity contribution in [2.45, 2.75) is 11.6 Å². The Hall–Kier alpha value is -2.69. The van der Waals surface area contributed by atoms with E-state index in [0.717, 1.165) is 0 Å². The van der Waals surface area contributed by atoms with Gasteiger partial charge in [0.15, 0.2) is 5.72 Å². The number of benzene rings is 1. The van der Waals surface area contributed by atoms with Crippen molar-refractivity contribution in [1.82, 2.24) is 5.32 Å². The summed E-state index contributed by atoms with van der Waals surface area (Å²) < 4.78 is 0. The van der Waals surface area contributed by atoms with E-state index >= 15 is 0 Å². The number of nitriles is 1. The number of piperidine rings is 1. The fraction of sp³-hybridized carbons (Fsp3) is 0.235. The van der Waals surface area contributed by atoms with Crippen molar-refractivity contribution in [1.29, 1.82) is 5.26 Å². The molecule has 0 radical (unpaired) electrons. The minimum Gasteiger partial charge on any atom is -0.369 e. The number of amides is 2. The number of primary amides is 1. The lowest BCUT2D eigenvalue weighted by Crippen LogP contribution is -2.62. The van der Waals surface area contributed by atoms with E-state index in [9.17, 15) is 20.0 Å². The lowest BCUT2D eigenvalue weighted by molar-refractivity contribution is -0.153. The Morgan fingerprint density at radius 2 is 2.00 bits per heavy atom. The van der Waals surface area contributed by atoms with Crippen molar-refractivity contribution in [2.75, 3.05) is 0 Å². The molecular formula is C17H15N3O3S. The van der Waals surface area contributed by atoms with Crippen molar-refractivity contribution < 1.29 is 14.7 Å². The molecule has 0 aliphatic carbocycles. The maximum atomic E-state index is 12.5. The summed E-state index contributed by atoms with van der Waals surface area (Å²) in [5, 5.41) is 25.1. The Bertz CT molecular complexity index is 800. The van der Waals surface area contributed by atoms with Gasteiger partial charge in [0.05, 0.1) is 6.07 Å². The second-order valence-corrected chi connectivity index (χ2v) is 6.63. The van der Waals surface area contributed by atoms with E-state index in [1.165, 1.54) is 11.3 Å². The van der Waals surface area contributed by atoms with Gasteiger partial charge in [-0.15, -0.1) is 11.3 Å². The summed E-state index contributed by atoms with van der Waals surface area (Å²) in [7, 11) is 0. The van der Waals surface area contributed by atoms with Crippen LogP contribution in [0.5, 0.6) is 0 Å². The largest absolute Gasteiger partial charge is 0.369 e. The molecule has 1 saturated heterocycles. The van der Waals surface area contributed by atoms with Crippen LogP contribution in [0.1, 0.15) is 16.4 Å². The third-order valence-electron chi connectivity index (χ3n) is 4.30. The molecule has 1 aromatic carbocycles. The van der Waals surface area contributed by atoms with E-state index in [4.69, 9.17) is 5.73 Å². The van der Waals surface area contributed by atoms with Crippen molar-refractivity contribution in [2.24, 2.45) is 17.6 Å². The van der Waals surface area contributed by atoms with Gasteiger partial charge in [0.1, 0.15) is 11.8 Å². The number of aliphatic hydroxyl groups is 1. The topological polar surface area (TPSA) is 116 Å². The van der Waals surface area contributed by atoms with Gasteiger partial charge in [-0.25, -0.2) is 0 Å². The van der Waals surface area contributed by atoms with Crippen LogP contribution in [0.25, 0.3) is 0 Å². The van der Waals surface area contributed by atoms with Gasteiger partial charge in [0.2, 0.25) is 11.8 Å². The number of rotatable bonds is 3. The number of hydrogen-bond acceptors (Lipinski definition) is 5. The van der Waals surface area contributed by atoms with Crippen LogP contribution < -0.4 is 11.1 Å². The van der Waals surface area contributed by atoms with Gasteiger partial charge in [0.25, 0.3) is 0 Å². The molecule has 6 nitrogen and oxygen atoms in total. The molecule has 4 atom stereocenters. The van der Waals surface area contributed by atoms with E-state index in [2.05, 4.69) is 11.4 Å². The second kappa shape index (κ2) is 6.07. The highest BCUT2D eigenvalue weighted by Gasteiger charge is 2.56. The minimum atomic E-state index is -1.90. The normalized spacial score (nSPS) is 29.5. The van der Waals surface area contributed by atoms with E-state index in [1.54, 1.807) is 47.8 Å². The Morgan fingerprint density at radius 1 is 1.29 bits per heavy atom. The average Bonchev–Trinajstić information content (AvgIpc) is 3.08. The monoisotopic (exact) mass is 341 g/mol. The predicted octanol–water partition coefficient (Wildman–Crippen LogP) is 1.05. The molecule has 3 rings (SSSR count). The molecule has 24 heavy (non-hydrogen) atoms. The van der Waals surface area contributed by atoms with Crippen LogP contribution in [-0.4, -0.2) is 16.9 Å². The highest BCUT2D eigenvalue weighted by Crippen LogP contribution is 2.46. The zero-order valence-electron chi connectivity index (χ0n) is 12.5. The maximum Gasteiger partial charge on any atom is 0.235 e. The molecule has 1 fully saturated rings. The first-order chi connectivity index (χ1) is 11.5. The van der Waals surface area contributed by atoms with Gasteiger partial charge in [-0.2, -0.15) is 5.26 Å². The van der Waals surface area contributed by atoms with Gasteiger partial charge < -0.3 is 16.2 Å². The summed E-state index contributed by atoms with van der Waals surface area (Å²) in [5.74, 6) is -4.59. The van der Waals surface area contributed by atoms with Gasteiger partial charge in [0, 0.05) is 16.4 Å². The van der Waals surface area contributed by atoms with Crippen molar-refractivity contribution >= 4 is 23.2 Å². The first kappa shape index (κ1) is 16.2. The highest BCUT2D eigenvalue weighted by atomic mass is 32.1. The van der Waals surface area contributed by atoms with Gasteiger partial charge >= 0.3 is 0 Å². The Kier molecular flexibility index (Phi) is 4.09. The van der Waals surface area contributed by atoms with E-state index in [-0.39, 0.29) is 0 Å². The molecule has 1 aromatic heterocycles. The summed E-state index contributed by atoms with van der Waals surface area (Å²) in [4.78, 5) is 25.0. The van der Waals surface area contributed by atoms with Crippen LogP contribution in [-0.2, 0) is 15.3 Å². The smallest absolute Gasteiger partial charge is 0.235 e. The molecule has 0 unspecified atom stereocenters. The zero-order chi connectivity index (χ0) is 17.3. The van der Waals surface area contributed by atoms with Gasteiger partial charge in [-0.1, -0.05) is 36.4 Å². The number of carbonyl (C=O) groups excluding carboxylic acids is 2. The van der Waals surface area contributed by atoms with E-state index in [0.29, 0.717) is 10.4 Å². The molecular weight excluding hydrogens is 326 g/mol. The fourth-order valence-electron chi connectivity index (χ4n) is 3.19. The number of carbonyl (C=O) groups is 2. The number of nitrogens with zero attached hydrogens (tertiary/aromatic N) is 1. The number of nitrogens with two attached hydrogens (primary N) is 1. The average molecular weight is 341 g/mol. The van der Waals surface area contributed by atoms with Crippen molar-refractivity contribution in [3.8, 4) is 6.07 Å². The summed E-state index contributed by atoms with van der Waals surface area (Å²) in [6, 6.07) is 14.0. The maximum absolute atomic E-state index is 12.5. The standard InChI is InChI=1S/C17H15N3O3S/c18-9-11-13(12-7-4-8-24-12)14(15(19)21)16(22)20-17(11,23)10-5-2-1-3-6-10/h1-8,11,13-14,23H,(H2,19,21)(H,20,22)/t11-,13+,14+,17+/m0/s1. The number of thiophene rings is 1. The fourth-order valence-corrected chi connectivity index (χ4v) is 4.09. The molecule has 122 valence electrons. The molecule has 0 spiro atoms. The van der Waals surface area contributed by atoms with Gasteiger partial charge in [-0.3, -0.25) is 9.59 Å². The van der Waals surface area contributed by atoms with Crippen LogP contribution in [0.15, 0.2) is 47.8 Å². The lowest BCUT2D eigenvalue weighted by atomic mass is 9.69. The molecule has 4 N–H and O–H groups in total. The van der Waals surface area contributed by atoms with Gasteiger partial charge in [-0.05, 0) is 11.4 Å². The Labute approximate surface area is 142 Å². The molecule has 2 aromatic rings. The predicted molar refractivity (Wildman–Crippen MR) is 87.3 cm³/mol. The summed E-state index contributed by atoms with van der Waals surface area (Å²) in [6.07, 6.45) is 0. The lowest BCUT2D eigenvalue weighted by Gasteiger charge is -2.44. The molecule has 1 aliphatic heterocycles. The molecule has 0 saturated carbocycles. The summed E-state index contributed by atoms with van der Waals surface area (Å²) in [6.45, 7) is 0. The molecule has 1 aliphatic rings. The molecule has 2 heterocycles. The first-order valence-corrected chi connectivity index (χ1v) is 8.19. The van der Waals surface area contributed by atoms with Crippen LogP contribution in [0.3, 0.4) is 0 Å². The van der Waals surface area contributed by atoms with Crippen LogP contribution >= 0.6 is 11.3 Å². The minimum absolute atomic E-state index is 0.384. The first-order valence-electron chi connectivity index (χ1n) is 7.31. The Morgan fingerprint density at radius 3 is 2.54 bits per heavy atom. The van der Waals surface area contributed by atoms with E-state index < -0.39 is 35.3 Å². The molecule has 0 bridgehead atoms. The van der Waals surface area contributed by atoms with Crippen LogP contribution in [0, 0.1) is 23.2 Å². The second-order valence-electron chi connectivity index (χ2n) is 5.65. The molecule has 7 heteroatoms. The summed E-state index contributed by atoms with van der Waals surface area (Å²) in [5.41, 5.74) is 3.90. The van der Waals surface area contributed by atoms with E-state index in [1.807, 2.05) is 0 Å². The third-order valence-corrected chi connectivity index (χ3v) is 5.27. The third kappa shape index (κ3) is 2.46. The highest BCUT2D eigenvalue weighted by molar-refractivity contribution is 7.10. The van der Waals surface area contributed by atoms with Crippen molar-refractivity contribution in [3.63, 3.8) is 0 Å². The Balaban J connectivity index is 2.17. The number of nitrogens with one attached hydrogen (secondary N) is 1. The molecule has 2 amide bonds. The van der Waals surface area contributed by atoms with Crippen LogP contribution in [0.4, 0.5) is 0 Å².